The predicted octanol–water partition coefficient (Wildman–Crippen LogP) is 2.65. The van der Waals surface area contributed by atoms with Crippen LogP contribution in [0, 0.1) is 5.41 Å². The van der Waals surface area contributed by atoms with Gasteiger partial charge in [0.15, 0.2) is 15.0 Å². The van der Waals surface area contributed by atoms with Crippen LogP contribution < -0.4 is 15.5 Å². The number of hydrogen-bond donors (Lipinski definition) is 2. The quantitative estimate of drug-likeness (QED) is 0.425. The number of halogens is 2. The molecule has 3 aromatic rings. The third-order valence-corrected chi connectivity index (χ3v) is 8.32. The Labute approximate surface area is 209 Å². The summed E-state index contributed by atoms with van der Waals surface area (Å²) in [6.45, 7) is 4.05. The van der Waals surface area contributed by atoms with E-state index in [0.717, 1.165) is 0 Å². The third-order valence-electron chi connectivity index (χ3n) is 6.49. The molecular formula is C20H16BrClN6O5S. The highest BCUT2D eigenvalue weighted by atomic mass is 79.9. The molecule has 6 rings (SSSR count). The van der Waals surface area contributed by atoms with Crippen LogP contribution in [-0.2, 0) is 20.7 Å². The van der Waals surface area contributed by atoms with Gasteiger partial charge in [-0.15, -0.1) is 11.3 Å². The van der Waals surface area contributed by atoms with E-state index < -0.39 is 35.4 Å². The van der Waals surface area contributed by atoms with E-state index in [-0.39, 0.29) is 17.5 Å². The zero-order valence-electron chi connectivity index (χ0n) is 17.7. The molecule has 3 atom stereocenters. The molecule has 11 nitrogen and oxygen atoms in total. The maximum atomic E-state index is 13.3. The van der Waals surface area contributed by atoms with Gasteiger partial charge in [-0.05, 0) is 29.8 Å². The maximum absolute atomic E-state index is 13.3. The minimum absolute atomic E-state index is 0.0802. The number of imide groups is 2. The van der Waals surface area contributed by atoms with Crippen molar-refractivity contribution in [2.45, 2.75) is 38.5 Å². The number of morpholine rings is 1. The molecule has 0 aromatic carbocycles. The molecule has 0 aliphatic carbocycles. The fourth-order valence-corrected chi connectivity index (χ4v) is 6.87. The Kier molecular flexibility index (Phi) is 4.79. The first kappa shape index (κ1) is 21.9. The summed E-state index contributed by atoms with van der Waals surface area (Å²) in [6.07, 6.45) is 0.825. The molecule has 1 spiro atoms. The summed E-state index contributed by atoms with van der Waals surface area (Å²) in [7, 11) is 0. The molecule has 2 fully saturated rings. The summed E-state index contributed by atoms with van der Waals surface area (Å²) < 4.78 is 12.3. The smallest absolute Gasteiger partial charge is 0.328 e. The fourth-order valence-electron chi connectivity index (χ4n) is 5.28. The lowest BCUT2D eigenvalue weighted by molar-refractivity contribution is -0.153. The van der Waals surface area contributed by atoms with Crippen molar-refractivity contribution in [2.24, 2.45) is 5.41 Å². The summed E-state index contributed by atoms with van der Waals surface area (Å²) in [6, 6.07) is -1.57. The van der Waals surface area contributed by atoms with Gasteiger partial charge < -0.3 is 14.2 Å². The van der Waals surface area contributed by atoms with E-state index in [1.165, 1.54) is 11.3 Å². The number of pyridine rings is 1. The Morgan fingerprint density at radius 3 is 2.68 bits per heavy atom. The average Bonchev–Trinajstić information content (AvgIpc) is 3.37. The zero-order valence-corrected chi connectivity index (χ0v) is 20.9. The third kappa shape index (κ3) is 2.90. The van der Waals surface area contributed by atoms with E-state index in [2.05, 4.69) is 36.7 Å². The van der Waals surface area contributed by atoms with Crippen molar-refractivity contribution in [2.75, 3.05) is 11.4 Å². The fraction of sp³-hybridized carbons (Fsp3) is 0.400. The van der Waals surface area contributed by atoms with Crippen LogP contribution in [0.5, 0.6) is 0 Å². The molecule has 34 heavy (non-hydrogen) atoms. The van der Waals surface area contributed by atoms with E-state index in [4.69, 9.17) is 25.8 Å². The van der Waals surface area contributed by atoms with Crippen molar-refractivity contribution >= 4 is 73.5 Å². The Morgan fingerprint density at radius 1 is 1.26 bits per heavy atom. The van der Waals surface area contributed by atoms with E-state index in [9.17, 15) is 14.4 Å². The molecule has 0 radical (unpaired) electrons. The van der Waals surface area contributed by atoms with Gasteiger partial charge in [-0.1, -0.05) is 16.8 Å². The lowest BCUT2D eigenvalue weighted by atomic mass is 9.67. The molecule has 176 valence electrons. The van der Waals surface area contributed by atoms with Crippen LogP contribution in [0.2, 0.25) is 5.02 Å². The van der Waals surface area contributed by atoms with Crippen LogP contribution in [0.4, 0.5) is 10.5 Å². The summed E-state index contributed by atoms with van der Waals surface area (Å²) >= 11 is 11.6. The highest BCUT2D eigenvalue weighted by Crippen LogP contribution is 2.50. The van der Waals surface area contributed by atoms with Gasteiger partial charge in [-0.2, -0.15) is 0 Å². The monoisotopic (exact) mass is 566 g/mol. The summed E-state index contributed by atoms with van der Waals surface area (Å²) in [5.74, 6) is -1.39. The van der Waals surface area contributed by atoms with Crippen molar-refractivity contribution in [3.05, 3.63) is 20.8 Å². The van der Waals surface area contributed by atoms with Gasteiger partial charge in [0.2, 0.25) is 17.4 Å². The number of amides is 4. The second-order valence-electron chi connectivity index (χ2n) is 8.54. The number of hydrogen-bond acceptors (Lipinski definition) is 10. The maximum Gasteiger partial charge on any atom is 0.328 e. The van der Waals surface area contributed by atoms with Crippen LogP contribution in [0.15, 0.2) is 14.6 Å². The van der Waals surface area contributed by atoms with Gasteiger partial charge in [0.25, 0.3) is 0 Å². The Balaban J connectivity index is 1.60. The van der Waals surface area contributed by atoms with Crippen molar-refractivity contribution in [1.82, 2.24) is 25.8 Å². The Morgan fingerprint density at radius 2 is 2.00 bits per heavy atom. The number of nitrogens with one attached hydrogen (secondary N) is 2. The number of ether oxygens (including phenoxy) is 1. The lowest BCUT2D eigenvalue weighted by Gasteiger charge is -2.55. The second-order valence-corrected chi connectivity index (χ2v) is 11.2. The number of urea groups is 1. The highest BCUT2D eigenvalue weighted by Gasteiger charge is 2.63. The van der Waals surface area contributed by atoms with Gasteiger partial charge in [0, 0.05) is 19.2 Å². The molecule has 14 heteroatoms. The summed E-state index contributed by atoms with van der Waals surface area (Å²) in [5.41, 5.74) is 0.510. The minimum atomic E-state index is -1.64. The Bertz CT molecular complexity index is 1390. The number of thiazole rings is 1. The first-order valence-corrected chi connectivity index (χ1v) is 12.4. The average molecular weight is 568 g/mol. The molecule has 3 aromatic heterocycles. The first-order chi connectivity index (χ1) is 16.2. The predicted molar refractivity (Wildman–Crippen MR) is 125 cm³/mol. The van der Waals surface area contributed by atoms with E-state index in [1.807, 2.05) is 11.8 Å². The number of aromatic nitrogens is 3. The molecule has 2 N–H and O–H groups in total. The second kappa shape index (κ2) is 7.44. The van der Waals surface area contributed by atoms with E-state index in [0.29, 0.717) is 43.5 Å². The molecule has 0 saturated carbocycles. The van der Waals surface area contributed by atoms with Crippen molar-refractivity contribution in [1.29, 1.82) is 0 Å². The number of barbiturate groups is 1. The standard InChI is InChI=1S/C20H16BrClN6O5S/c1-6-5-28-13-8(3-20(15(28)7(2)32-6)16(29)25-19(31)26-17(20)30)24-12-11(9-4-23-18(21)34-9)27-33-14(12)10(13)22/h4,6-7,15H,3,5H2,1-2H3,(H2,25,26,29,30,31)/t6-,7+,15-/m1/s1. The van der Waals surface area contributed by atoms with Gasteiger partial charge in [-0.3, -0.25) is 20.2 Å². The van der Waals surface area contributed by atoms with Crippen LogP contribution in [0.3, 0.4) is 0 Å². The number of carbonyl (C=O) groups is 3. The van der Waals surface area contributed by atoms with Crippen LogP contribution in [0.1, 0.15) is 19.5 Å². The van der Waals surface area contributed by atoms with Crippen LogP contribution in [-0.4, -0.2) is 57.8 Å². The summed E-state index contributed by atoms with van der Waals surface area (Å²) in [4.78, 5) is 50.0. The summed E-state index contributed by atoms with van der Waals surface area (Å²) in [5, 5.41) is 8.97. The number of rotatable bonds is 1. The van der Waals surface area contributed by atoms with E-state index in [1.54, 1.807) is 13.1 Å². The first-order valence-electron chi connectivity index (χ1n) is 10.4. The largest absolute Gasteiger partial charge is 0.372 e. The topological polar surface area (TPSA) is 140 Å². The molecule has 0 unspecified atom stereocenters. The van der Waals surface area contributed by atoms with Crippen molar-refractivity contribution < 1.29 is 23.6 Å². The molecule has 6 heterocycles. The van der Waals surface area contributed by atoms with Gasteiger partial charge >= 0.3 is 6.03 Å². The normalized spacial score (nSPS) is 25.8. The number of fused-ring (bicyclic) bond motifs is 5. The van der Waals surface area contributed by atoms with Crippen LogP contribution >= 0.6 is 38.9 Å². The van der Waals surface area contributed by atoms with Crippen molar-refractivity contribution in [3.63, 3.8) is 0 Å². The van der Waals surface area contributed by atoms with Gasteiger partial charge in [0.05, 0.1) is 34.5 Å². The molecular weight excluding hydrogens is 552 g/mol. The molecule has 3 aliphatic heterocycles. The van der Waals surface area contributed by atoms with Crippen molar-refractivity contribution in [3.8, 4) is 10.6 Å². The molecule has 3 aliphatic rings. The number of carbonyl (C=O) groups excluding carboxylic acids is 3. The SMILES string of the molecule is C[C@@H]1CN2c3c(nc4c(-c5cnc(Br)s5)noc4c3Cl)CC3(C(=O)NC(=O)NC3=O)[C@H]2[C@H](C)O1. The van der Waals surface area contributed by atoms with Gasteiger partial charge in [0.1, 0.15) is 10.5 Å². The molecule has 4 amide bonds. The Hall–Kier alpha value is -2.61. The van der Waals surface area contributed by atoms with Crippen LogP contribution in [0.25, 0.3) is 21.7 Å². The number of anilines is 1. The van der Waals surface area contributed by atoms with E-state index >= 15 is 0 Å². The molecule has 0 bridgehead atoms. The zero-order chi connectivity index (χ0) is 23.9. The van der Waals surface area contributed by atoms with Gasteiger partial charge in [-0.25, -0.2) is 14.8 Å². The lowest BCUT2D eigenvalue weighted by Crippen LogP contribution is -2.75. The molecule has 2 saturated heterocycles. The highest BCUT2D eigenvalue weighted by molar-refractivity contribution is 9.11. The minimum Gasteiger partial charge on any atom is -0.372 e. The number of nitrogens with zero attached hydrogens (tertiary/aromatic N) is 4.